The Hall–Kier alpha value is -2.75. The molecule has 7 heteroatoms. The zero-order valence-corrected chi connectivity index (χ0v) is 16.1. The van der Waals surface area contributed by atoms with Crippen LogP contribution >= 0.6 is 23.4 Å². The Kier molecular flexibility index (Phi) is 5.54. The summed E-state index contributed by atoms with van der Waals surface area (Å²) in [6.07, 6.45) is 0.448. The van der Waals surface area contributed by atoms with Crippen LogP contribution < -0.4 is 10.6 Å². The third kappa shape index (κ3) is 3.85. The number of primary amides is 1. The van der Waals surface area contributed by atoms with Gasteiger partial charge in [0.25, 0.3) is 5.91 Å². The maximum atomic E-state index is 13.2. The summed E-state index contributed by atoms with van der Waals surface area (Å²) < 4.78 is 0. The van der Waals surface area contributed by atoms with Gasteiger partial charge in [-0.2, -0.15) is 5.26 Å². The molecule has 1 atom stereocenters. The minimum Gasteiger partial charge on any atom is -0.365 e. The minimum atomic E-state index is -0.849. The largest absolute Gasteiger partial charge is 0.365 e. The number of benzene rings is 2. The van der Waals surface area contributed by atoms with Gasteiger partial charge in [0.2, 0.25) is 5.91 Å². The number of carbonyl (C=O) groups excluding carboxylic acids is 2. The standard InChI is InChI=1S/C20H16ClN3O2S/c1-12-4-2-3-5-16(12)24-19(26)17(10-13-6-8-14(21)9-7-13)27-20(24)15(11-22)18(23)25/h2-9,17H,10H2,1H3,(H2,23,25)/b20-15+/t17-/m0/s1. The van der Waals surface area contributed by atoms with Gasteiger partial charge in [-0.15, -0.1) is 0 Å². The first kappa shape index (κ1) is 19.0. The van der Waals surface area contributed by atoms with Crippen LogP contribution in [0.15, 0.2) is 59.1 Å². The molecule has 2 aromatic carbocycles. The van der Waals surface area contributed by atoms with Crippen molar-refractivity contribution in [1.82, 2.24) is 0 Å². The number of rotatable bonds is 4. The van der Waals surface area contributed by atoms with Crippen LogP contribution in [0.1, 0.15) is 11.1 Å². The first-order chi connectivity index (χ1) is 12.9. The quantitative estimate of drug-likeness (QED) is 0.631. The molecule has 136 valence electrons. The summed E-state index contributed by atoms with van der Waals surface area (Å²) in [7, 11) is 0. The second-order valence-electron chi connectivity index (χ2n) is 6.05. The Labute approximate surface area is 166 Å². The molecular formula is C20H16ClN3O2S. The van der Waals surface area contributed by atoms with Crippen LogP contribution in [0.2, 0.25) is 5.02 Å². The minimum absolute atomic E-state index is 0.187. The van der Waals surface area contributed by atoms with E-state index in [4.69, 9.17) is 17.3 Å². The van der Waals surface area contributed by atoms with E-state index in [9.17, 15) is 14.9 Å². The lowest BCUT2D eigenvalue weighted by molar-refractivity contribution is -0.117. The number of aryl methyl sites for hydroxylation is 1. The van der Waals surface area contributed by atoms with Crippen LogP contribution in [0.5, 0.6) is 0 Å². The number of hydrogen-bond donors (Lipinski definition) is 1. The third-order valence-corrected chi connectivity index (χ3v) is 5.73. The number of nitrogens with zero attached hydrogens (tertiary/aromatic N) is 2. The highest BCUT2D eigenvalue weighted by molar-refractivity contribution is 8.05. The number of carbonyl (C=O) groups is 2. The van der Waals surface area contributed by atoms with Crippen molar-refractivity contribution in [3.05, 3.63) is 75.3 Å². The van der Waals surface area contributed by atoms with Crippen LogP contribution in [-0.2, 0) is 16.0 Å². The molecule has 1 aliphatic rings. The lowest BCUT2D eigenvalue weighted by Gasteiger charge is -2.20. The van der Waals surface area contributed by atoms with E-state index >= 15 is 0 Å². The van der Waals surface area contributed by atoms with E-state index < -0.39 is 11.2 Å². The van der Waals surface area contributed by atoms with Gasteiger partial charge < -0.3 is 5.73 Å². The Morgan fingerprint density at radius 2 is 1.93 bits per heavy atom. The number of amides is 2. The van der Waals surface area contributed by atoms with Gasteiger partial charge in [-0.1, -0.05) is 53.7 Å². The molecule has 0 bridgehead atoms. The predicted octanol–water partition coefficient (Wildman–Crippen LogP) is 3.56. The fraction of sp³-hybridized carbons (Fsp3) is 0.150. The van der Waals surface area contributed by atoms with Crippen LogP contribution in [0.25, 0.3) is 0 Å². The molecule has 0 aromatic heterocycles. The van der Waals surface area contributed by atoms with Gasteiger partial charge >= 0.3 is 0 Å². The molecule has 0 saturated carbocycles. The Morgan fingerprint density at radius 1 is 1.26 bits per heavy atom. The number of para-hydroxylation sites is 1. The highest BCUT2D eigenvalue weighted by Gasteiger charge is 2.40. The van der Waals surface area contributed by atoms with Crippen molar-refractivity contribution >= 4 is 40.9 Å². The second kappa shape index (κ2) is 7.87. The second-order valence-corrected chi connectivity index (χ2v) is 7.68. The predicted molar refractivity (Wildman–Crippen MR) is 107 cm³/mol. The molecule has 0 radical (unpaired) electrons. The maximum Gasteiger partial charge on any atom is 0.262 e. The summed E-state index contributed by atoms with van der Waals surface area (Å²) in [6, 6.07) is 16.4. The summed E-state index contributed by atoms with van der Waals surface area (Å²) in [4.78, 5) is 26.4. The summed E-state index contributed by atoms with van der Waals surface area (Å²) >= 11 is 7.11. The SMILES string of the molecule is Cc1ccccc1N1C(=O)[C@H](Cc2ccc(Cl)cc2)S/C1=C(\C#N)C(N)=O. The number of halogens is 1. The summed E-state index contributed by atoms with van der Waals surface area (Å²) in [5, 5.41) is 9.84. The van der Waals surface area contributed by atoms with E-state index in [1.54, 1.807) is 24.3 Å². The normalized spacial score (nSPS) is 18.3. The molecule has 1 aliphatic heterocycles. The summed E-state index contributed by atoms with van der Waals surface area (Å²) in [5.41, 5.74) is 7.60. The number of anilines is 1. The molecule has 3 rings (SSSR count). The molecule has 1 saturated heterocycles. The Balaban J connectivity index is 2.05. The highest BCUT2D eigenvalue weighted by atomic mass is 35.5. The molecule has 5 nitrogen and oxygen atoms in total. The van der Waals surface area contributed by atoms with Gasteiger partial charge in [0.05, 0.1) is 10.9 Å². The number of hydrogen-bond acceptors (Lipinski definition) is 4. The van der Waals surface area contributed by atoms with E-state index in [2.05, 4.69) is 0 Å². The zero-order chi connectivity index (χ0) is 19.6. The van der Waals surface area contributed by atoms with Crippen molar-refractivity contribution in [2.45, 2.75) is 18.6 Å². The molecule has 0 unspecified atom stereocenters. The van der Waals surface area contributed by atoms with Crippen molar-refractivity contribution < 1.29 is 9.59 Å². The van der Waals surface area contributed by atoms with Gasteiger partial charge in [0.1, 0.15) is 16.7 Å². The molecule has 1 heterocycles. The lowest BCUT2D eigenvalue weighted by Crippen LogP contribution is -2.31. The van der Waals surface area contributed by atoms with Crippen molar-refractivity contribution in [3.63, 3.8) is 0 Å². The van der Waals surface area contributed by atoms with Gasteiger partial charge in [0.15, 0.2) is 0 Å². The van der Waals surface area contributed by atoms with E-state index in [1.807, 2.05) is 37.3 Å². The first-order valence-corrected chi connectivity index (χ1v) is 9.43. The lowest BCUT2D eigenvalue weighted by atomic mass is 10.1. The van der Waals surface area contributed by atoms with E-state index in [-0.39, 0.29) is 16.5 Å². The monoisotopic (exact) mass is 397 g/mol. The first-order valence-electron chi connectivity index (χ1n) is 8.17. The van der Waals surface area contributed by atoms with Crippen LogP contribution in [-0.4, -0.2) is 17.1 Å². The molecule has 0 spiro atoms. The fourth-order valence-corrected chi connectivity index (χ4v) is 4.30. The topological polar surface area (TPSA) is 87.2 Å². The molecule has 1 fully saturated rings. The van der Waals surface area contributed by atoms with Gasteiger partial charge in [-0.25, -0.2) is 0 Å². The Bertz CT molecular complexity index is 979. The number of nitriles is 1. The van der Waals surface area contributed by atoms with Crippen molar-refractivity contribution in [3.8, 4) is 6.07 Å². The molecule has 0 aliphatic carbocycles. The highest BCUT2D eigenvalue weighted by Crippen LogP contribution is 2.42. The van der Waals surface area contributed by atoms with Crippen LogP contribution in [0.4, 0.5) is 5.69 Å². The summed E-state index contributed by atoms with van der Waals surface area (Å²) in [5.74, 6) is -1.04. The third-order valence-electron chi connectivity index (χ3n) is 4.22. The fourth-order valence-electron chi connectivity index (χ4n) is 2.87. The van der Waals surface area contributed by atoms with Crippen molar-refractivity contribution in [2.75, 3.05) is 4.90 Å². The molecule has 2 aromatic rings. The number of thioether (sulfide) groups is 1. The smallest absolute Gasteiger partial charge is 0.262 e. The van der Waals surface area contributed by atoms with E-state index in [1.165, 1.54) is 16.7 Å². The van der Waals surface area contributed by atoms with Crippen LogP contribution in [0, 0.1) is 18.3 Å². The average Bonchev–Trinajstić information content (AvgIpc) is 2.94. The zero-order valence-electron chi connectivity index (χ0n) is 14.5. The van der Waals surface area contributed by atoms with E-state index in [0.717, 1.165) is 11.1 Å². The van der Waals surface area contributed by atoms with Gasteiger partial charge in [0, 0.05) is 5.02 Å². The van der Waals surface area contributed by atoms with Crippen LogP contribution in [0.3, 0.4) is 0 Å². The van der Waals surface area contributed by atoms with Crippen molar-refractivity contribution in [2.24, 2.45) is 5.73 Å². The maximum absolute atomic E-state index is 13.2. The number of nitrogens with two attached hydrogens (primary N) is 1. The molecule has 2 amide bonds. The molecule has 27 heavy (non-hydrogen) atoms. The van der Waals surface area contributed by atoms with Gasteiger partial charge in [-0.3, -0.25) is 14.5 Å². The molecule has 2 N–H and O–H groups in total. The summed E-state index contributed by atoms with van der Waals surface area (Å²) in [6.45, 7) is 1.87. The average molecular weight is 398 g/mol. The van der Waals surface area contributed by atoms with E-state index in [0.29, 0.717) is 17.1 Å². The van der Waals surface area contributed by atoms with Crippen molar-refractivity contribution in [1.29, 1.82) is 5.26 Å². The Morgan fingerprint density at radius 3 is 2.52 bits per heavy atom. The molecular weight excluding hydrogens is 382 g/mol. The van der Waals surface area contributed by atoms with Gasteiger partial charge in [-0.05, 0) is 42.7 Å².